The minimum Gasteiger partial charge on any atom is -0.398 e. The fraction of sp³-hybridized carbons (Fsp3) is 0.562. The minimum absolute atomic E-state index is 0.00965. The van der Waals surface area contributed by atoms with Crippen molar-refractivity contribution in [1.82, 2.24) is 5.32 Å². The molecule has 1 amide bonds. The fourth-order valence-electron chi connectivity index (χ4n) is 2.85. The van der Waals surface area contributed by atoms with E-state index in [0.717, 1.165) is 31.2 Å². The van der Waals surface area contributed by atoms with Crippen molar-refractivity contribution in [3.8, 4) is 0 Å². The number of carbonyl (C=O) groups excluding carboxylic acids is 1. The van der Waals surface area contributed by atoms with Crippen LogP contribution in [-0.2, 0) is 11.2 Å². The molecule has 1 aromatic rings. The summed E-state index contributed by atoms with van der Waals surface area (Å²) in [4.78, 5) is 12.2. The molecule has 0 heterocycles. The first kappa shape index (κ1) is 14.9. The number of rotatable bonds is 4. The fourth-order valence-corrected chi connectivity index (χ4v) is 2.85. The first-order valence-corrected chi connectivity index (χ1v) is 7.30. The molecule has 0 unspecified atom stereocenters. The normalized spacial score (nSPS) is 26.2. The summed E-state index contributed by atoms with van der Waals surface area (Å²) in [6.45, 7) is 2.23. The van der Waals surface area contributed by atoms with Gasteiger partial charge >= 0.3 is 0 Å². The standard InChI is InChI=1S/C16H24N2O2/c1-12-6-8-16(11-19,9-7-12)18-15(20)10-13-4-2-3-5-14(13)17/h2-5,12,19H,6-11,17H2,1H3,(H,18,20). The van der Waals surface area contributed by atoms with E-state index in [-0.39, 0.29) is 18.9 Å². The highest BCUT2D eigenvalue weighted by molar-refractivity contribution is 5.81. The lowest BCUT2D eigenvalue weighted by molar-refractivity contribution is -0.123. The molecule has 0 aromatic heterocycles. The molecule has 0 saturated heterocycles. The van der Waals surface area contributed by atoms with E-state index >= 15 is 0 Å². The predicted octanol–water partition coefficient (Wildman–Crippen LogP) is 1.87. The van der Waals surface area contributed by atoms with Crippen LogP contribution in [0.5, 0.6) is 0 Å². The molecule has 1 fully saturated rings. The van der Waals surface area contributed by atoms with Crippen molar-refractivity contribution in [3.05, 3.63) is 29.8 Å². The van der Waals surface area contributed by atoms with Crippen molar-refractivity contribution in [3.63, 3.8) is 0 Å². The molecule has 1 aromatic carbocycles. The number of aliphatic hydroxyl groups excluding tert-OH is 1. The van der Waals surface area contributed by atoms with Gasteiger partial charge in [0.2, 0.25) is 5.91 Å². The Morgan fingerprint density at radius 2 is 2.05 bits per heavy atom. The zero-order valence-electron chi connectivity index (χ0n) is 12.1. The van der Waals surface area contributed by atoms with Crippen LogP contribution in [0.1, 0.15) is 38.2 Å². The van der Waals surface area contributed by atoms with Crippen LogP contribution in [0.3, 0.4) is 0 Å². The zero-order valence-corrected chi connectivity index (χ0v) is 12.1. The summed E-state index contributed by atoms with van der Waals surface area (Å²) in [5, 5.41) is 12.7. The Morgan fingerprint density at radius 3 is 2.65 bits per heavy atom. The Morgan fingerprint density at radius 1 is 1.40 bits per heavy atom. The van der Waals surface area contributed by atoms with Gasteiger partial charge in [-0.2, -0.15) is 0 Å². The van der Waals surface area contributed by atoms with Crippen molar-refractivity contribution in [2.75, 3.05) is 12.3 Å². The average Bonchev–Trinajstić information content (AvgIpc) is 2.44. The smallest absolute Gasteiger partial charge is 0.225 e. The van der Waals surface area contributed by atoms with Crippen LogP contribution in [0.2, 0.25) is 0 Å². The van der Waals surface area contributed by atoms with E-state index in [4.69, 9.17) is 5.73 Å². The third-order valence-electron chi connectivity index (χ3n) is 4.34. The van der Waals surface area contributed by atoms with Gasteiger partial charge in [0.15, 0.2) is 0 Å². The van der Waals surface area contributed by atoms with E-state index in [0.29, 0.717) is 11.6 Å². The number of nitrogens with one attached hydrogen (secondary N) is 1. The van der Waals surface area contributed by atoms with Gasteiger partial charge in [-0.3, -0.25) is 4.79 Å². The number of para-hydroxylation sites is 1. The highest BCUT2D eigenvalue weighted by atomic mass is 16.3. The summed E-state index contributed by atoms with van der Waals surface area (Å²) >= 11 is 0. The number of carbonyl (C=O) groups is 1. The Labute approximate surface area is 120 Å². The van der Waals surface area contributed by atoms with Crippen LogP contribution in [0.15, 0.2) is 24.3 Å². The third-order valence-corrected chi connectivity index (χ3v) is 4.34. The van der Waals surface area contributed by atoms with Crippen molar-refractivity contribution in [2.24, 2.45) is 5.92 Å². The van der Waals surface area contributed by atoms with Crippen LogP contribution < -0.4 is 11.1 Å². The SMILES string of the molecule is CC1CCC(CO)(NC(=O)Cc2ccccc2N)CC1. The lowest BCUT2D eigenvalue weighted by Crippen LogP contribution is -2.53. The molecule has 1 saturated carbocycles. The zero-order chi connectivity index (χ0) is 14.6. The Kier molecular flexibility index (Phi) is 4.65. The largest absolute Gasteiger partial charge is 0.398 e. The van der Waals surface area contributed by atoms with Crippen LogP contribution in [0.25, 0.3) is 0 Å². The predicted molar refractivity (Wildman–Crippen MR) is 80.1 cm³/mol. The number of aliphatic hydroxyl groups is 1. The molecule has 0 aliphatic heterocycles. The van der Waals surface area contributed by atoms with E-state index < -0.39 is 5.54 Å². The molecule has 2 rings (SSSR count). The molecular weight excluding hydrogens is 252 g/mol. The van der Waals surface area contributed by atoms with Crippen molar-refractivity contribution in [1.29, 1.82) is 0 Å². The highest BCUT2D eigenvalue weighted by Gasteiger charge is 2.34. The summed E-state index contributed by atoms with van der Waals surface area (Å²) in [6, 6.07) is 7.40. The first-order valence-electron chi connectivity index (χ1n) is 7.30. The van der Waals surface area contributed by atoms with Gasteiger partial charge in [0.25, 0.3) is 0 Å². The second kappa shape index (κ2) is 6.27. The third kappa shape index (κ3) is 3.51. The van der Waals surface area contributed by atoms with E-state index in [2.05, 4.69) is 12.2 Å². The summed E-state index contributed by atoms with van der Waals surface area (Å²) in [6.07, 6.45) is 4.06. The number of anilines is 1. The molecule has 1 aliphatic rings. The molecule has 110 valence electrons. The van der Waals surface area contributed by atoms with E-state index in [9.17, 15) is 9.90 Å². The highest BCUT2D eigenvalue weighted by Crippen LogP contribution is 2.31. The molecule has 0 radical (unpaired) electrons. The number of nitrogens with two attached hydrogens (primary N) is 1. The summed E-state index contributed by atoms with van der Waals surface area (Å²) in [5.74, 6) is 0.614. The van der Waals surface area contributed by atoms with Crippen LogP contribution in [-0.4, -0.2) is 23.2 Å². The maximum Gasteiger partial charge on any atom is 0.225 e. The Hall–Kier alpha value is -1.55. The molecule has 4 N–H and O–H groups in total. The molecule has 0 atom stereocenters. The van der Waals surface area contributed by atoms with Crippen molar-refractivity contribution in [2.45, 2.75) is 44.6 Å². The van der Waals surface area contributed by atoms with Gasteiger partial charge in [-0.25, -0.2) is 0 Å². The Bertz CT molecular complexity index is 465. The van der Waals surface area contributed by atoms with Gasteiger partial charge in [0, 0.05) is 5.69 Å². The maximum atomic E-state index is 12.2. The average molecular weight is 276 g/mol. The van der Waals surface area contributed by atoms with Gasteiger partial charge in [-0.1, -0.05) is 25.1 Å². The van der Waals surface area contributed by atoms with Gasteiger partial charge in [-0.05, 0) is 43.2 Å². The maximum absolute atomic E-state index is 12.2. The van der Waals surface area contributed by atoms with Crippen molar-refractivity contribution < 1.29 is 9.90 Å². The van der Waals surface area contributed by atoms with Gasteiger partial charge < -0.3 is 16.2 Å². The lowest BCUT2D eigenvalue weighted by Gasteiger charge is -2.38. The number of amides is 1. The van der Waals surface area contributed by atoms with Gasteiger partial charge in [0.05, 0.1) is 18.6 Å². The molecular formula is C16H24N2O2. The van der Waals surface area contributed by atoms with Crippen molar-refractivity contribution >= 4 is 11.6 Å². The van der Waals surface area contributed by atoms with E-state index in [1.165, 1.54) is 0 Å². The minimum atomic E-state index is -0.437. The van der Waals surface area contributed by atoms with E-state index in [1.807, 2.05) is 18.2 Å². The van der Waals surface area contributed by atoms with Gasteiger partial charge in [-0.15, -0.1) is 0 Å². The topological polar surface area (TPSA) is 75.3 Å². The second-order valence-electron chi connectivity index (χ2n) is 6.04. The van der Waals surface area contributed by atoms with Gasteiger partial charge in [0.1, 0.15) is 0 Å². The summed E-state index contributed by atoms with van der Waals surface area (Å²) < 4.78 is 0. The molecule has 4 heteroatoms. The summed E-state index contributed by atoms with van der Waals surface area (Å²) in [7, 11) is 0. The first-order chi connectivity index (χ1) is 9.54. The lowest BCUT2D eigenvalue weighted by atomic mass is 9.77. The molecule has 20 heavy (non-hydrogen) atoms. The number of hydrogen-bond donors (Lipinski definition) is 3. The second-order valence-corrected chi connectivity index (χ2v) is 6.04. The van der Waals surface area contributed by atoms with E-state index in [1.54, 1.807) is 6.07 Å². The number of nitrogen functional groups attached to an aromatic ring is 1. The molecule has 1 aliphatic carbocycles. The monoisotopic (exact) mass is 276 g/mol. The number of hydrogen-bond acceptors (Lipinski definition) is 3. The number of benzene rings is 1. The molecule has 0 bridgehead atoms. The van der Waals surface area contributed by atoms with Crippen LogP contribution >= 0.6 is 0 Å². The van der Waals surface area contributed by atoms with Crippen LogP contribution in [0, 0.1) is 5.92 Å². The quantitative estimate of drug-likeness (QED) is 0.735. The summed E-state index contributed by atoms with van der Waals surface area (Å²) in [5.41, 5.74) is 6.89. The molecule has 4 nitrogen and oxygen atoms in total. The molecule has 0 spiro atoms. The van der Waals surface area contributed by atoms with Crippen LogP contribution in [0.4, 0.5) is 5.69 Å². The Balaban J connectivity index is 1.98.